The number of hydrogen-bond acceptors (Lipinski definition) is 1. The van der Waals surface area contributed by atoms with Gasteiger partial charge in [0.25, 0.3) is 0 Å². The first-order valence-electron chi connectivity index (χ1n) is 5.26. The van der Waals surface area contributed by atoms with Crippen LogP contribution >= 0.6 is 0 Å². The van der Waals surface area contributed by atoms with Crippen molar-refractivity contribution in [1.82, 2.24) is 4.90 Å². The minimum atomic E-state index is -2.10. The fourth-order valence-electron chi connectivity index (χ4n) is 2.48. The molecule has 1 aliphatic carbocycles. The van der Waals surface area contributed by atoms with Crippen LogP contribution in [0, 0.1) is 11.8 Å². The Hall–Kier alpha value is -0.180. The van der Waals surface area contributed by atoms with Crippen LogP contribution in [0.25, 0.3) is 0 Å². The van der Waals surface area contributed by atoms with Crippen molar-refractivity contribution in [3.8, 4) is 0 Å². The van der Waals surface area contributed by atoms with E-state index < -0.39 is 6.43 Å². The Morgan fingerprint density at radius 1 is 1.15 bits per heavy atom. The topological polar surface area (TPSA) is 3.24 Å². The minimum Gasteiger partial charge on any atom is -0.302 e. The monoisotopic (exact) mass is 189 g/mol. The van der Waals surface area contributed by atoms with Crippen LogP contribution in [-0.4, -0.2) is 31.0 Å². The predicted molar refractivity (Wildman–Crippen MR) is 47.9 cm³/mol. The molecule has 0 bridgehead atoms. The summed E-state index contributed by atoms with van der Waals surface area (Å²) in [5.74, 6) is 0.472. The minimum absolute atomic E-state index is 0.332. The first-order valence-corrected chi connectivity index (χ1v) is 5.26. The van der Waals surface area contributed by atoms with Crippen LogP contribution in [0.3, 0.4) is 0 Å². The van der Waals surface area contributed by atoms with Gasteiger partial charge in [0.2, 0.25) is 6.43 Å². The number of rotatable bonds is 3. The van der Waals surface area contributed by atoms with Crippen molar-refractivity contribution in [2.24, 2.45) is 11.8 Å². The van der Waals surface area contributed by atoms with Crippen molar-refractivity contribution in [3.63, 3.8) is 0 Å². The lowest BCUT2D eigenvalue weighted by Gasteiger charge is -2.40. The van der Waals surface area contributed by atoms with Gasteiger partial charge in [-0.25, -0.2) is 8.78 Å². The van der Waals surface area contributed by atoms with E-state index in [0.29, 0.717) is 13.1 Å². The average molecular weight is 189 g/mol. The van der Waals surface area contributed by atoms with E-state index in [-0.39, 0.29) is 5.92 Å². The van der Waals surface area contributed by atoms with Crippen molar-refractivity contribution in [1.29, 1.82) is 0 Å². The van der Waals surface area contributed by atoms with Crippen LogP contribution in [0.4, 0.5) is 8.78 Å². The summed E-state index contributed by atoms with van der Waals surface area (Å²) in [6.07, 6.45) is 3.22. The normalized spacial score (nSPS) is 27.0. The molecule has 0 spiro atoms. The molecule has 2 fully saturated rings. The molecule has 3 heteroatoms. The van der Waals surface area contributed by atoms with Gasteiger partial charge in [-0.1, -0.05) is 12.8 Å². The van der Waals surface area contributed by atoms with Crippen molar-refractivity contribution < 1.29 is 8.78 Å². The van der Waals surface area contributed by atoms with Crippen molar-refractivity contribution in [2.45, 2.75) is 32.1 Å². The van der Waals surface area contributed by atoms with Gasteiger partial charge in [-0.05, 0) is 18.8 Å². The average Bonchev–Trinajstić information content (AvgIpc) is 2.46. The lowest BCUT2D eigenvalue weighted by Crippen LogP contribution is -2.51. The van der Waals surface area contributed by atoms with Crippen LogP contribution in [0.1, 0.15) is 25.7 Å². The van der Waals surface area contributed by atoms with E-state index in [4.69, 9.17) is 0 Å². The molecule has 1 saturated carbocycles. The Labute approximate surface area is 78.1 Å². The third kappa shape index (κ3) is 2.19. The Morgan fingerprint density at radius 2 is 1.77 bits per heavy atom. The van der Waals surface area contributed by atoms with E-state index in [1.807, 2.05) is 0 Å². The molecule has 76 valence electrons. The highest BCUT2D eigenvalue weighted by Crippen LogP contribution is 2.29. The molecule has 2 rings (SSSR count). The highest BCUT2D eigenvalue weighted by molar-refractivity contribution is 4.83. The molecule has 1 nitrogen and oxygen atoms in total. The third-order valence-electron chi connectivity index (χ3n) is 3.33. The molecule has 0 aromatic carbocycles. The molecule has 0 aromatic rings. The second kappa shape index (κ2) is 3.91. The Kier molecular flexibility index (Phi) is 2.82. The largest absolute Gasteiger partial charge is 0.302 e. The molecule has 0 amide bonds. The maximum absolute atomic E-state index is 12.1. The summed E-state index contributed by atoms with van der Waals surface area (Å²) in [6, 6.07) is 0. The molecular weight excluding hydrogens is 172 g/mol. The maximum atomic E-state index is 12.1. The third-order valence-corrected chi connectivity index (χ3v) is 3.33. The molecule has 1 heterocycles. The smallest absolute Gasteiger partial charge is 0.243 e. The van der Waals surface area contributed by atoms with Gasteiger partial charge in [-0.3, -0.25) is 0 Å². The van der Waals surface area contributed by atoms with Crippen LogP contribution in [0.5, 0.6) is 0 Å². The van der Waals surface area contributed by atoms with E-state index in [1.54, 1.807) is 0 Å². The lowest BCUT2D eigenvalue weighted by atomic mass is 9.98. The number of nitrogens with zero attached hydrogens (tertiary/aromatic N) is 1. The van der Waals surface area contributed by atoms with Gasteiger partial charge >= 0.3 is 0 Å². The highest BCUT2D eigenvalue weighted by Gasteiger charge is 2.34. The van der Waals surface area contributed by atoms with Gasteiger partial charge in [-0.15, -0.1) is 0 Å². The molecule has 1 aliphatic heterocycles. The Bertz CT molecular complexity index is 160. The molecular formula is C10H17F2N. The summed E-state index contributed by atoms with van der Waals surface area (Å²) >= 11 is 0. The molecule has 0 unspecified atom stereocenters. The second-order valence-corrected chi connectivity index (χ2v) is 4.46. The van der Waals surface area contributed by atoms with E-state index in [1.165, 1.54) is 25.7 Å². The zero-order valence-electron chi connectivity index (χ0n) is 7.88. The van der Waals surface area contributed by atoms with E-state index >= 15 is 0 Å². The highest BCUT2D eigenvalue weighted by atomic mass is 19.3. The maximum Gasteiger partial charge on any atom is 0.243 e. The standard InChI is InChI=1S/C10H17F2N/c11-10(12)9-6-13(7-9)5-8-3-1-2-4-8/h8-10H,1-7H2. The summed E-state index contributed by atoms with van der Waals surface area (Å²) in [5.41, 5.74) is 0. The summed E-state index contributed by atoms with van der Waals surface area (Å²) in [4.78, 5) is 2.19. The van der Waals surface area contributed by atoms with Crippen LogP contribution in [-0.2, 0) is 0 Å². The lowest BCUT2D eigenvalue weighted by molar-refractivity contribution is -0.0298. The van der Waals surface area contributed by atoms with Gasteiger partial charge in [0.05, 0.1) is 0 Å². The van der Waals surface area contributed by atoms with E-state index in [2.05, 4.69) is 4.90 Å². The van der Waals surface area contributed by atoms with Crippen molar-refractivity contribution >= 4 is 0 Å². The van der Waals surface area contributed by atoms with Crippen LogP contribution < -0.4 is 0 Å². The Balaban J connectivity index is 1.63. The van der Waals surface area contributed by atoms with Gasteiger partial charge in [0.1, 0.15) is 0 Å². The molecule has 1 saturated heterocycles. The fourth-order valence-corrected chi connectivity index (χ4v) is 2.48. The zero-order chi connectivity index (χ0) is 9.26. The summed E-state index contributed by atoms with van der Waals surface area (Å²) in [5, 5.41) is 0. The molecule has 13 heavy (non-hydrogen) atoms. The summed E-state index contributed by atoms with van der Waals surface area (Å²) < 4.78 is 24.3. The molecule has 0 N–H and O–H groups in total. The first kappa shape index (κ1) is 9.38. The van der Waals surface area contributed by atoms with Crippen molar-refractivity contribution in [2.75, 3.05) is 19.6 Å². The van der Waals surface area contributed by atoms with Gasteiger partial charge in [-0.2, -0.15) is 0 Å². The Morgan fingerprint density at radius 3 is 2.31 bits per heavy atom. The summed E-state index contributed by atoms with van der Waals surface area (Å²) in [6.45, 7) is 2.34. The molecule has 2 aliphatic rings. The van der Waals surface area contributed by atoms with E-state index in [9.17, 15) is 8.78 Å². The van der Waals surface area contributed by atoms with Gasteiger partial charge in [0, 0.05) is 25.6 Å². The first-order chi connectivity index (χ1) is 6.25. The molecule has 0 atom stereocenters. The summed E-state index contributed by atoms with van der Waals surface area (Å²) in [7, 11) is 0. The van der Waals surface area contributed by atoms with Crippen molar-refractivity contribution in [3.05, 3.63) is 0 Å². The molecule has 0 radical (unpaired) electrons. The van der Waals surface area contributed by atoms with E-state index in [0.717, 1.165) is 12.5 Å². The van der Waals surface area contributed by atoms with Gasteiger partial charge in [0.15, 0.2) is 0 Å². The second-order valence-electron chi connectivity index (χ2n) is 4.46. The zero-order valence-corrected chi connectivity index (χ0v) is 7.88. The molecule has 0 aromatic heterocycles. The number of halogens is 2. The SMILES string of the molecule is FC(F)C1CN(CC2CCCC2)C1. The van der Waals surface area contributed by atoms with Crippen LogP contribution in [0.2, 0.25) is 0 Å². The quantitative estimate of drug-likeness (QED) is 0.659. The number of likely N-dealkylation sites (tertiary alicyclic amines) is 1. The van der Waals surface area contributed by atoms with Gasteiger partial charge < -0.3 is 4.90 Å². The fraction of sp³-hybridized carbons (Fsp3) is 1.00. The predicted octanol–water partition coefficient (Wildman–Crippen LogP) is 2.37. The van der Waals surface area contributed by atoms with Crippen LogP contribution in [0.15, 0.2) is 0 Å². The number of hydrogen-bond donors (Lipinski definition) is 0. The number of alkyl halides is 2.